The normalized spacial score (nSPS) is 12.3. The first kappa shape index (κ1) is 26.8. The maximum atomic E-state index is 11.0. The minimum absolute atomic E-state index is 0.0333. The molecule has 0 aliphatic heterocycles. The van der Waals surface area contributed by atoms with E-state index in [4.69, 9.17) is 0 Å². The summed E-state index contributed by atoms with van der Waals surface area (Å²) in [5.74, 6) is 1.89. The fraction of sp³-hybridized carbons (Fsp3) is 0.957. The Morgan fingerprint density at radius 1 is 0.778 bits per heavy atom. The molecule has 0 fully saturated rings. The third kappa shape index (κ3) is 21.9. The van der Waals surface area contributed by atoms with Crippen LogP contribution in [0.4, 0.5) is 0 Å². The van der Waals surface area contributed by atoms with Crippen LogP contribution in [0.2, 0.25) is 0 Å². The zero-order valence-corrected chi connectivity index (χ0v) is 19.1. The number of nitrogens with one attached hydrogen (secondary N) is 1. The maximum absolute atomic E-state index is 11.0. The van der Waals surface area contributed by atoms with Gasteiger partial charge in [0.1, 0.15) is 0 Å². The molecule has 0 aromatic heterocycles. The summed E-state index contributed by atoms with van der Waals surface area (Å²) in [4.78, 5) is 11.0. The topological polar surface area (TPSA) is 49.3 Å². The van der Waals surface area contributed by atoms with Crippen LogP contribution >= 0.6 is 11.8 Å². The van der Waals surface area contributed by atoms with E-state index in [0.717, 1.165) is 11.5 Å². The molecule has 27 heavy (non-hydrogen) atoms. The third-order valence-electron chi connectivity index (χ3n) is 5.09. The Balaban J connectivity index is 3.13. The standard InChI is InChI=1S/C23H47NO2S/c1-3-4-5-6-7-8-9-10-11-12-13-14-15-16-17-18-19-27-21-23(20-25)24-22(2)26/h23,25H,3-21H2,1-2H3,(H,24,26). The van der Waals surface area contributed by atoms with E-state index in [1.807, 2.05) is 11.8 Å². The van der Waals surface area contributed by atoms with Crippen LogP contribution in [0.25, 0.3) is 0 Å². The van der Waals surface area contributed by atoms with Crippen molar-refractivity contribution in [3.63, 3.8) is 0 Å². The zero-order valence-electron chi connectivity index (χ0n) is 18.3. The number of hydrogen-bond donors (Lipinski definition) is 2. The van der Waals surface area contributed by atoms with Gasteiger partial charge in [0.15, 0.2) is 0 Å². The molecule has 0 bridgehead atoms. The van der Waals surface area contributed by atoms with E-state index in [1.165, 1.54) is 110 Å². The van der Waals surface area contributed by atoms with Gasteiger partial charge in [-0.3, -0.25) is 4.79 Å². The molecule has 4 heteroatoms. The van der Waals surface area contributed by atoms with Gasteiger partial charge in [0, 0.05) is 12.7 Å². The highest BCUT2D eigenvalue weighted by atomic mass is 32.2. The lowest BCUT2D eigenvalue weighted by Crippen LogP contribution is -2.37. The Labute approximate surface area is 173 Å². The lowest BCUT2D eigenvalue weighted by Gasteiger charge is -2.14. The molecule has 1 unspecified atom stereocenters. The molecule has 2 N–H and O–H groups in total. The Morgan fingerprint density at radius 3 is 1.56 bits per heavy atom. The fourth-order valence-electron chi connectivity index (χ4n) is 3.41. The van der Waals surface area contributed by atoms with Crippen LogP contribution in [0.1, 0.15) is 117 Å². The van der Waals surface area contributed by atoms with E-state index in [1.54, 1.807) is 0 Å². The monoisotopic (exact) mass is 401 g/mol. The number of rotatable bonds is 21. The van der Waals surface area contributed by atoms with Crippen LogP contribution in [0, 0.1) is 0 Å². The van der Waals surface area contributed by atoms with Gasteiger partial charge in [-0.15, -0.1) is 0 Å². The van der Waals surface area contributed by atoms with E-state index in [-0.39, 0.29) is 18.6 Å². The summed E-state index contributed by atoms with van der Waals surface area (Å²) in [6.45, 7) is 3.82. The van der Waals surface area contributed by atoms with Crippen LogP contribution in [0.3, 0.4) is 0 Å². The quantitative estimate of drug-likeness (QED) is 0.216. The molecule has 0 saturated heterocycles. The van der Waals surface area contributed by atoms with Crippen LogP contribution in [0.5, 0.6) is 0 Å². The Bertz CT molecular complexity index is 313. The van der Waals surface area contributed by atoms with Crippen LogP contribution < -0.4 is 5.32 Å². The smallest absolute Gasteiger partial charge is 0.217 e. The maximum Gasteiger partial charge on any atom is 0.217 e. The molecular weight excluding hydrogens is 354 g/mol. The average molecular weight is 402 g/mol. The second-order valence-corrected chi connectivity index (χ2v) is 9.11. The minimum atomic E-state index is -0.0893. The molecule has 0 aromatic carbocycles. The van der Waals surface area contributed by atoms with Gasteiger partial charge in [0.25, 0.3) is 0 Å². The van der Waals surface area contributed by atoms with Gasteiger partial charge in [-0.05, 0) is 12.2 Å². The molecule has 1 atom stereocenters. The van der Waals surface area contributed by atoms with Crippen molar-refractivity contribution in [3.8, 4) is 0 Å². The summed E-state index contributed by atoms with van der Waals surface area (Å²) in [6, 6.07) is -0.0893. The molecule has 0 rings (SSSR count). The summed E-state index contributed by atoms with van der Waals surface area (Å²) in [5, 5.41) is 12.0. The van der Waals surface area contributed by atoms with Gasteiger partial charge in [-0.1, -0.05) is 103 Å². The molecule has 1 amide bonds. The Kier molecular flexibility index (Phi) is 21.9. The number of carbonyl (C=O) groups excluding carboxylic acids is 1. The summed E-state index contributed by atoms with van der Waals surface area (Å²) in [7, 11) is 0. The molecular formula is C23H47NO2S. The number of unbranched alkanes of at least 4 members (excludes halogenated alkanes) is 15. The molecule has 162 valence electrons. The van der Waals surface area contributed by atoms with Crippen molar-refractivity contribution in [1.29, 1.82) is 0 Å². The molecule has 0 radical (unpaired) electrons. The van der Waals surface area contributed by atoms with Gasteiger partial charge in [-0.25, -0.2) is 0 Å². The number of hydrogen-bond acceptors (Lipinski definition) is 3. The van der Waals surface area contributed by atoms with Gasteiger partial charge < -0.3 is 10.4 Å². The zero-order chi connectivity index (χ0) is 20.0. The third-order valence-corrected chi connectivity index (χ3v) is 6.30. The number of amides is 1. The predicted molar refractivity (Wildman–Crippen MR) is 122 cm³/mol. The first-order valence-electron chi connectivity index (χ1n) is 11.7. The predicted octanol–water partition coefficient (Wildman–Crippen LogP) is 6.48. The minimum Gasteiger partial charge on any atom is -0.394 e. The summed E-state index contributed by atoms with van der Waals surface area (Å²) >= 11 is 1.84. The van der Waals surface area contributed by atoms with Crippen molar-refractivity contribution >= 4 is 17.7 Å². The molecule has 0 spiro atoms. The van der Waals surface area contributed by atoms with Crippen LogP contribution in [0.15, 0.2) is 0 Å². The lowest BCUT2D eigenvalue weighted by atomic mass is 10.0. The lowest BCUT2D eigenvalue weighted by molar-refractivity contribution is -0.119. The highest BCUT2D eigenvalue weighted by Crippen LogP contribution is 2.14. The second-order valence-electron chi connectivity index (χ2n) is 7.96. The van der Waals surface area contributed by atoms with Gasteiger partial charge in [0.2, 0.25) is 5.91 Å². The number of carbonyl (C=O) groups is 1. The molecule has 0 heterocycles. The van der Waals surface area contributed by atoms with Crippen LogP contribution in [-0.2, 0) is 4.79 Å². The number of thioether (sulfide) groups is 1. The molecule has 0 saturated carbocycles. The van der Waals surface area contributed by atoms with E-state index in [2.05, 4.69) is 12.2 Å². The first-order valence-corrected chi connectivity index (χ1v) is 12.8. The Hall–Kier alpha value is -0.220. The van der Waals surface area contributed by atoms with E-state index >= 15 is 0 Å². The summed E-state index contributed by atoms with van der Waals surface area (Å²) < 4.78 is 0. The number of aliphatic hydroxyl groups excluding tert-OH is 1. The van der Waals surface area contributed by atoms with E-state index < -0.39 is 0 Å². The molecule has 0 aliphatic carbocycles. The second kappa shape index (κ2) is 22.1. The summed E-state index contributed by atoms with van der Waals surface area (Å²) in [5.41, 5.74) is 0. The van der Waals surface area contributed by atoms with Crippen molar-refractivity contribution in [2.75, 3.05) is 18.1 Å². The average Bonchev–Trinajstić information content (AvgIpc) is 2.65. The van der Waals surface area contributed by atoms with E-state index in [9.17, 15) is 9.90 Å². The van der Waals surface area contributed by atoms with Crippen molar-refractivity contribution in [3.05, 3.63) is 0 Å². The highest BCUT2D eigenvalue weighted by Gasteiger charge is 2.07. The molecule has 0 aromatic rings. The van der Waals surface area contributed by atoms with Crippen LogP contribution in [-0.4, -0.2) is 35.2 Å². The fourth-order valence-corrected chi connectivity index (χ4v) is 4.45. The van der Waals surface area contributed by atoms with Gasteiger partial charge >= 0.3 is 0 Å². The SMILES string of the molecule is CCCCCCCCCCCCCCCCCCSCC(CO)NC(C)=O. The van der Waals surface area contributed by atoms with E-state index in [0.29, 0.717) is 0 Å². The first-order chi connectivity index (χ1) is 13.2. The van der Waals surface area contributed by atoms with Gasteiger partial charge in [-0.2, -0.15) is 11.8 Å². The van der Waals surface area contributed by atoms with Crippen molar-refractivity contribution in [1.82, 2.24) is 5.32 Å². The Morgan fingerprint density at radius 2 is 1.19 bits per heavy atom. The summed E-state index contributed by atoms with van der Waals surface area (Å²) in [6.07, 6.45) is 22.4. The largest absolute Gasteiger partial charge is 0.394 e. The highest BCUT2D eigenvalue weighted by molar-refractivity contribution is 7.99. The molecule has 0 aliphatic rings. The van der Waals surface area contributed by atoms with Crippen molar-refractivity contribution in [2.45, 2.75) is 123 Å². The van der Waals surface area contributed by atoms with Crippen molar-refractivity contribution in [2.24, 2.45) is 0 Å². The molecule has 3 nitrogen and oxygen atoms in total. The van der Waals surface area contributed by atoms with Gasteiger partial charge in [0.05, 0.1) is 12.6 Å². The van der Waals surface area contributed by atoms with Crippen molar-refractivity contribution < 1.29 is 9.90 Å². The number of aliphatic hydroxyl groups is 1.